The van der Waals surface area contributed by atoms with E-state index in [-0.39, 0.29) is 6.03 Å². The third kappa shape index (κ3) is 2.69. The van der Waals surface area contributed by atoms with Crippen LogP contribution in [0.2, 0.25) is 0 Å². The van der Waals surface area contributed by atoms with Gasteiger partial charge in [-0.15, -0.1) is 11.3 Å². The van der Waals surface area contributed by atoms with E-state index in [1.807, 2.05) is 29.2 Å². The molecule has 2 amide bonds. The summed E-state index contributed by atoms with van der Waals surface area (Å²) >= 11 is 1.77. The molecule has 2 aromatic heterocycles. The fourth-order valence-electron chi connectivity index (χ4n) is 3.00. The molecule has 0 fully saturated rings. The SMILES string of the molecule is Cc1ccsc1C1=CCN(C(=O)Nc2n[nH]c3ccccc23)CC1. The molecule has 0 unspecified atom stereocenters. The lowest BCUT2D eigenvalue weighted by atomic mass is 10.0. The van der Waals surface area contributed by atoms with Gasteiger partial charge in [0.2, 0.25) is 0 Å². The van der Waals surface area contributed by atoms with Crippen molar-refractivity contribution in [2.45, 2.75) is 13.3 Å². The quantitative estimate of drug-likeness (QED) is 0.733. The van der Waals surface area contributed by atoms with Crippen LogP contribution in [0.3, 0.4) is 0 Å². The van der Waals surface area contributed by atoms with Gasteiger partial charge in [-0.2, -0.15) is 5.10 Å². The molecular formula is C18H18N4OS. The Bertz CT molecular complexity index is 924. The number of thiophene rings is 1. The van der Waals surface area contributed by atoms with E-state index in [2.05, 4.69) is 40.0 Å². The minimum absolute atomic E-state index is 0.106. The fourth-order valence-corrected chi connectivity index (χ4v) is 4.00. The molecule has 3 heterocycles. The van der Waals surface area contributed by atoms with Crippen molar-refractivity contribution in [2.75, 3.05) is 18.4 Å². The summed E-state index contributed by atoms with van der Waals surface area (Å²) in [6, 6.07) is 9.80. The standard InChI is InChI=1S/C18H18N4OS/c1-12-8-11-24-16(12)13-6-9-22(10-7-13)18(23)19-17-14-4-2-3-5-15(14)20-21-17/h2-6,8,11H,7,9-10H2,1H3,(H2,19,20,21,23). The molecule has 0 atom stereocenters. The number of anilines is 1. The van der Waals surface area contributed by atoms with Crippen molar-refractivity contribution >= 4 is 39.7 Å². The van der Waals surface area contributed by atoms with Crippen molar-refractivity contribution in [1.29, 1.82) is 0 Å². The number of benzene rings is 1. The van der Waals surface area contributed by atoms with E-state index in [0.717, 1.165) is 23.9 Å². The maximum absolute atomic E-state index is 12.5. The molecule has 2 N–H and O–H groups in total. The molecule has 122 valence electrons. The number of aryl methyl sites for hydroxylation is 1. The molecule has 0 saturated carbocycles. The number of amides is 2. The summed E-state index contributed by atoms with van der Waals surface area (Å²) in [6.45, 7) is 3.48. The van der Waals surface area contributed by atoms with Crippen LogP contribution in [-0.4, -0.2) is 34.2 Å². The Morgan fingerprint density at radius 1 is 1.33 bits per heavy atom. The normalized spacial score (nSPS) is 14.7. The number of nitrogens with one attached hydrogen (secondary N) is 2. The number of hydrogen-bond donors (Lipinski definition) is 2. The Morgan fingerprint density at radius 2 is 2.21 bits per heavy atom. The molecule has 0 bridgehead atoms. The van der Waals surface area contributed by atoms with E-state index in [4.69, 9.17) is 0 Å². The molecule has 0 spiro atoms. The molecule has 1 aliphatic rings. The van der Waals surface area contributed by atoms with Crippen LogP contribution in [0.5, 0.6) is 0 Å². The smallest absolute Gasteiger partial charge is 0.320 e. The van der Waals surface area contributed by atoms with Crippen LogP contribution in [0.1, 0.15) is 16.9 Å². The number of aromatic amines is 1. The first-order valence-corrected chi connectivity index (χ1v) is 8.83. The Labute approximate surface area is 144 Å². The predicted octanol–water partition coefficient (Wildman–Crippen LogP) is 4.25. The van der Waals surface area contributed by atoms with Gasteiger partial charge in [-0.05, 0) is 48.1 Å². The fraction of sp³-hybridized carbons (Fsp3) is 0.222. The van der Waals surface area contributed by atoms with Gasteiger partial charge in [0, 0.05) is 23.4 Å². The number of aromatic nitrogens is 2. The van der Waals surface area contributed by atoms with Gasteiger partial charge in [-0.25, -0.2) is 4.79 Å². The summed E-state index contributed by atoms with van der Waals surface area (Å²) in [5.41, 5.74) is 3.57. The van der Waals surface area contributed by atoms with Gasteiger partial charge in [0.1, 0.15) is 0 Å². The highest BCUT2D eigenvalue weighted by atomic mass is 32.1. The average Bonchev–Trinajstić information content (AvgIpc) is 3.22. The van der Waals surface area contributed by atoms with Crippen molar-refractivity contribution in [3.8, 4) is 0 Å². The average molecular weight is 338 g/mol. The van der Waals surface area contributed by atoms with Gasteiger partial charge in [-0.1, -0.05) is 18.2 Å². The monoisotopic (exact) mass is 338 g/mol. The maximum Gasteiger partial charge on any atom is 0.323 e. The molecule has 6 heteroatoms. The number of hydrogen-bond acceptors (Lipinski definition) is 3. The lowest BCUT2D eigenvalue weighted by Crippen LogP contribution is -2.38. The van der Waals surface area contributed by atoms with Crippen molar-refractivity contribution < 1.29 is 4.79 Å². The predicted molar refractivity (Wildman–Crippen MR) is 98.3 cm³/mol. The summed E-state index contributed by atoms with van der Waals surface area (Å²) in [4.78, 5) is 15.7. The second-order valence-corrected chi connectivity index (χ2v) is 6.82. The minimum Gasteiger partial charge on any atom is -0.320 e. The Hall–Kier alpha value is -2.60. The number of carbonyl (C=O) groups excluding carboxylic acids is 1. The van der Waals surface area contributed by atoms with Crippen LogP contribution in [0, 0.1) is 6.92 Å². The molecule has 0 aliphatic carbocycles. The summed E-state index contributed by atoms with van der Waals surface area (Å²) < 4.78 is 0. The van der Waals surface area contributed by atoms with Crippen LogP contribution >= 0.6 is 11.3 Å². The maximum atomic E-state index is 12.5. The summed E-state index contributed by atoms with van der Waals surface area (Å²) in [5, 5.41) is 13.1. The highest BCUT2D eigenvalue weighted by Gasteiger charge is 2.20. The van der Waals surface area contributed by atoms with E-state index in [1.165, 1.54) is 16.0 Å². The zero-order valence-electron chi connectivity index (χ0n) is 13.4. The first-order valence-electron chi connectivity index (χ1n) is 7.95. The first-order chi connectivity index (χ1) is 11.7. The molecule has 1 aromatic carbocycles. The van der Waals surface area contributed by atoms with E-state index in [1.54, 1.807) is 11.3 Å². The second-order valence-electron chi connectivity index (χ2n) is 5.91. The van der Waals surface area contributed by atoms with Gasteiger partial charge in [0.25, 0.3) is 0 Å². The Morgan fingerprint density at radius 3 is 2.96 bits per heavy atom. The lowest BCUT2D eigenvalue weighted by molar-refractivity contribution is 0.217. The molecule has 0 saturated heterocycles. The molecule has 3 aromatic rings. The minimum atomic E-state index is -0.106. The lowest BCUT2D eigenvalue weighted by Gasteiger charge is -2.26. The molecule has 5 nitrogen and oxygen atoms in total. The zero-order valence-corrected chi connectivity index (χ0v) is 14.2. The highest BCUT2D eigenvalue weighted by Crippen LogP contribution is 2.29. The second kappa shape index (κ2) is 6.13. The van der Waals surface area contributed by atoms with Gasteiger partial charge >= 0.3 is 6.03 Å². The molecular weight excluding hydrogens is 320 g/mol. The van der Waals surface area contributed by atoms with Gasteiger partial charge in [0.15, 0.2) is 5.82 Å². The van der Waals surface area contributed by atoms with Crippen molar-refractivity contribution in [1.82, 2.24) is 15.1 Å². The van der Waals surface area contributed by atoms with Gasteiger partial charge < -0.3 is 4.90 Å². The van der Waals surface area contributed by atoms with E-state index < -0.39 is 0 Å². The van der Waals surface area contributed by atoms with Crippen LogP contribution in [-0.2, 0) is 0 Å². The highest BCUT2D eigenvalue weighted by molar-refractivity contribution is 7.11. The first kappa shape index (κ1) is 15.0. The number of carbonyl (C=O) groups is 1. The van der Waals surface area contributed by atoms with Crippen molar-refractivity contribution in [3.63, 3.8) is 0 Å². The number of rotatable bonds is 2. The summed E-state index contributed by atoms with van der Waals surface area (Å²) in [5.74, 6) is 0.583. The molecule has 4 rings (SSSR count). The topological polar surface area (TPSA) is 61.0 Å². The number of nitrogens with zero attached hydrogens (tertiary/aromatic N) is 2. The molecule has 0 radical (unpaired) electrons. The largest absolute Gasteiger partial charge is 0.323 e. The third-order valence-corrected chi connectivity index (χ3v) is 5.44. The van der Waals surface area contributed by atoms with E-state index >= 15 is 0 Å². The number of fused-ring (bicyclic) bond motifs is 1. The van der Waals surface area contributed by atoms with E-state index in [9.17, 15) is 4.79 Å². The number of para-hydroxylation sites is 1. The van der Waals surface area contributed by atoms with Gasteiger partial charge in [0.05, 0.1) is 5.52 Å². The van der Waals surface area contributed by atoms with Gasteiger partial charge in [-0.3, -0.25) is 10.4 Å². The number of H-pyrrole nitrogens is 1. The van der Waals surface area contributed by atoms with Crippen LogP contribution < -0.4 is 5.32 Å². The molecule has 1 aliphatic heterocycles. The molecule has 24 heavy (non-hydrogen) atoms. The van der Waals surface area contributed by atoms with Crippen molar-refractivity contribution in [2.24, 2.45) is 0 Å². The van der Waals surface area contributed by atoms with Crippen LogP contribution in [0.15, 0.2) is 41.8 Å². The zero-order chi connectivity index (χ0) is 16.5. The summed E-state index contributed by atoms with van der Waals surface area (Å²) in [7, 11) is 0. The van der Waals surface area contributed by atoms with E-state index in [0.29, 0.717) is 12.4 Å². The van der Waals surface area contributed by atoms with Crippen LogP contribution in [0.25, 0.3) is 16.5 Å². The Kier molecular flexibility index (Phi) is 3.82. The number of urea groups is 1. The summed E-state index contributed by atoms with van der Waals surface area (Å²) in [6.07, 6.45) is 3.04. The van der Waals surface area contributed by atoms with Crippen molar-refractivity contribution in [3.05, 3.63) is 52.2 Å². The third-order valence-electron chi connectivity index (χ3n) is 4.35. The van der Waals surface area contributed by atoms with Crippen LogP contribution in [0.4, 0.5) is 10.6 Å². The Balaban J connectivity index is 1.47.